The third-order valence-electron chi connectivity index (χ3n) is 6.76. The fourth-order valence-electron chi connectivity index (χ4n) is 4.59. The van der Waals surface area contributed by atoms with E-state index in [1.807, 2.05) is 29.3 Å². The van der Waals surface area contributed by atoms with Crippen LogP contribution in [0.15, 0.2) is 64.6 Å². The number of H-pyrrole nitrogens is 1. The normalized spacial score (nSPS) is 16.2. The number of rotatable bonds is 13. The quantitative estimate of drug-likeness (QED) is 0.188. The first-order valence-corrected chi connectivity index (χ1v) is 14.4. The van der Waals surface area contributed by atoms with Gasteiger partial charge in [0.05, 0.1) is 10.6 Å². The average molecular weight is 502 g/mol. The largest absolute Gasteiger partial charge is 0.361 e. The molecule has 5 heteroatoms. The van der Waals surface area contributed by atoms with Crippen molar-refractivity contribution in [2.24, 2.45) is 4.99 Å². The zero-order valence-electron chi connectivity index (χ0n) is 21.8. The lowest BCUT2D eigenvalue weighted by Gasteiger charge is -2.15. The van der Waals surface area contributed by atoms with Gasteiger partial charge in [0.1, 0.15) is 0 Å². The Kier molecular flexibility index (Phi) is 9.85. The first kappa shape index (κ1) is 26.3. The molecule has 1 fully saturated rings. The minimum atomic E-state index is 0.0657. The summed E-state index contributed by atoms with van der Waals surface area (Å²) in [7, 11) is 0. The van der Waals surface area contributed by atoms with Gasteiger partial charge in [0.25, 0.3) is 5.91 Å². The molecule has 2 heterocycles. The summed E-state index contributed by atoms with van der Waals surface area (Å²) in [6, 6.07) is 16.5. The molecule has 1 amide bonds. The van der Waals surface area contributed by atoms with E-state index >= 15 is 0 Å². The van der Waals surface area contributed by atoms with Crippen LogP contribution in [0.5, 0.6) is 0 Å². The molecular weight excluding hydrogens is 462 g/mol. The van der Waals surface area contributed by atoms with E-state index in [9.17, 15) is 4.79 Å². The van der Waals surface area contributed by atoms with E-state index in [0.717, 1.165) is 51.6 Å². The second-order valence-electron chi connectivity index (χ2n) is 9.80. The maximum absolute atomic E-state index is 13.4. The van der Waals surface area contributed by atoms with Crippen molar-refractivity contribution >= 4 is 45.5 Å². The van der Waals surface area contributed by atoms with Crippen molar-refractivity contribution in [2.45, 2.75) is 78.1 Å². The van der Waals surface area contributed by atoms with E-state index < -0.39 is 0 Å². The van der Waals surface area contributed by atoms with Gasteiger partial charge in [-0.2, -0.15) is 0 Å². The number of carbonyl (C=O) groups excluding carboxylic acids is 1. The Morgan fingerprint density at radius 2 is 1.58 bits per heavy atom. The number of aromatic amines is 1. The molecule has 1 aliphatic rings. The van der Waals surface area contributed by atoms with E-state index in [1.165, 1.54) is 68.7 Å². The van der Waals surface area contributed by atoms with E-state index in [2.05, 4.69) is 55.2 Å². The smallest absolute Gasteiger partial charge is 0.266 e. The topological polar surface area (TPSA) is 48.5 Å². The van der Waals surface area contributed by atoms with Crippen molar-refractivity contribution in [3.05, 3.63) is 70.8 Å². The summed E-state index contributed by atoms with van der Waals surface area (Å²) in [4.78, 5) is 24.1. The zero-order chi connectivity index (χ0) is 25.2. The van der Waals surface area contributed by atoms with Gasteiger partial charge >= 0.3 is 0 Å². The molecule has 0 atom stereocenters. The number of carbonyl (C=O) groups is 1. The fraction of sp³-hybridized carbons (Fsp3) is 0.419. The highest BCUT2D eigenvalue weighted by molar-refractivity contribution is 8.18. The molecule has 0 bridgehead atoms. The van der Waals surface area contributed by atoms with Crippen LogP contribution in [0.4, 0.5) is 5.69 Å². The predicted octanol–water partition coefficient (Wildman–Crippen LogP) is 9.00. The van der Waals surface area contributed by atoms with E-state index in [-0.39, 0.29) is 5.91 Å². The number of hydrogen-bond acceptors (Lipinski definition) is 3. The first-order valence-electron chi connectivity index (χ1n) is 13.6. The molecule has 4 rings (SSSR count). The second-order valence-corrected chi connectivity index (χ2v) is 10.8. The summed E-state index contributed by atoms with van der Waals surface area (Å²) in [5, 5.41) is 1.93. The van der Waals surface area contributed by atoms with Crippen molar-refractivity contribution in [1.29, 1.82) is 0 Å². The Labute approximate surface area is 220 Å². The van der Waals surface area contributed by atoms with Gasteiger partial charge in [-0.1, -0.05) is 88.5 Å². The van der Waals surface area contributed by atoms with E-state index in [1.54, 1.807) is 0 Å². The maximum atomic E-state index is 13.4. The summed E-state index contributed by atoms with van der Waals surface area (Å²) in [6.45, 7) is 5.06. The third kappa shape index (κ3) is 7.36. The lowest BCUT2D eigenvalue weighted by molar-refractivity contribution is -0.122. The summed E-state index contributed by atoms with van der Waals surface area (Å²) in [5.74, 6) is 0.0657. The highest BCUT2D eigenvalue weighted by atomic mass is 32.2. The monoisotopic (exact) mass is 501 g/mol. The van der Waals surface area contributed by atoms with E-state index in [0.29, 0.717) is 0 Å². The van der Waals surface area contributed by atoms with Crippen LogP contribution in [0, 0.1) is 6.92 Å². The van der Waals surface area contributed by atoms with Gasteiger partial charge in [-0.15, -0.1) is 0 Å². The van der Waals surface area contributed by atoms with Crippen molar-refractivity contribution in [2.75, 3.05) is 6.54 Å². The molecule has 1 aliphatic heterocycles. The number of benzene rings is 2. The Morgan fingerprint density at radius 3 is 2.31 bits per heavy atom. The predicted molar refractivity (Wildman–Crippen MR) is 156 cm³/mol. The van der Waals surface area contributed by atoms with Gasteiger partial charge in [-0.25, -0.2) is 4.99 Å². The Balaban J connectivity index is 1.39. The molecule has 1 saturated heterocycles. The number of aryl methyl sites for hydroxylation is 1. The average Bonchev–Trinajstić information content (AvgIpc) is 3.46. The molecule has 0 unspecified atom stereocenters. The number of amidine groups is 1. The number of nitrogens with one attached hydrogen (secondary N) is 1. The number of thioether (sulfide) groups is 1. The zero-order valence-corrected chi connectivity index (χ0v) is 22.6. The molecular formula is C31H39N3OS. The number of hydrogen-bond donors (Lipinski definition) is 1. The molecule has 1 aromatic heterocycles. The Morgan fingerprint density at radius 1 is 0.889 bits per heavy atom. The highest BCUT2D eigenvalue weighted by Crippen LogP contribution is 2.35. The fourth-order valence-corrected chi connectivity index (χ4v) is 5.61. The number of amides is 1. The molecule has 0 aliphatic carbocycles. The van der Waals surface area contributed by atoms with Crippen LogP contribution in [0.25, 0.3) is 17.0 Å². The van der Waals surface area contributed by atoms with Gasteiger partial charge < -0.3 is 4.98 Å². The summed E-state index contributed by atoms with van der Waals surface area (Å²) in [6.07, 6.45) is 16.8. The van der Waals surface area contributed by atoms with Crippen LogP contribution < -0.4 is 0 Å². The van der Waals surface area contributed by atoms with Gasteiger partial charge in [-0.3, -0.25) is 9.69 Å². The first-order chi connectivity index (χ1) is 17.6. The van der Waals surface area contributed by atoms with Gasteiger partial charge in [0.2, 0.25) is 0 Å². The van der Waals surface area contributed by atoms with Crippen molar-refractivity contribution in [3.8, 4) is 0 Å². The van der Waals surface area contributed by atoms with Gasteiger partial charge in [0, 0.05) is 18.3 Å². The van der Waals surface area contributed by atoms with Crippen LogP contribution in [-0.2, 0) is 4.79 Å². The number of fused-ring (bicyclic) bond motifs is 1. The number of nitrogens with zero attached hydrogens (tertiary/aromatic N) is 2. The Bertz CT molecular complexity index is 1190. The molecule has 2 aromatic carbocycles. The third-order valence-corrected chi connectivity index (χ3v) is 7.76. The van der Waals surface area contributed by atoms with Gasteiger partial charge in [-0.05, 0) is 72.5 Å². The number of unbranched alkanes of at least 4 members (excludes halogenated alkanes) is 9. The van der Waals surface area contributed by atoms with Crippen molar-refractivity contribution < 1.29 is 4.79 Å². The molecule has 36 heavy (non-hydrogen) atoms. The van der Waals surface area contributed by atoms with E-state index in [4.69, 9.17) is 4.99 Å². The lowest BCUT2D eigenvalue weighted by Crippen LogP contribution is -2.30. The molecule has 4 nitrogen and oxygen atoms in total. The minimum absolute atomic E-state index is 0.0657. The standard InChI is InChI=1S/C31H39N3OS/c1-3-4-5-6-7-8-9-10-11-12-21-34-30(35)29(23-25-15-18-28-26(22-25)19-20-32-28)36-31(34)33-27-16-13-24(2)14-17-27/h13-20,22-23,32H,3-12,21H2,1-2H3/b29-23-,33-31-. The molecule has 0 saturated carbocycles. The van der Waals surface area contributed by atoms with Crippen LogP contribution >= 0.6 is 11.8 Å². The lowest BCUT2D eigenvalue weighted by atomic mass is 10.1. The number of aromatic nitrogens is 1. The summed E-state index contributed by atoms with van der Waals surface area (Å²) in [5.41, 5.74) is 4.23. The minimum Gasteiger partial charge on any atom is -0.361 e. The van der Waals surface area contributed by atoms with Crippen LogP contribution in [0.2, 0.25) is 0 Å². The molecule has 0 radical (unpaired) electrons. The summed E-state index contributed by atoms with van der Waals surface area (Å²) >= 11 is 1.49. The SMILES string of the molecule is CCCCCCCCCCCCN1C(=O)/C(=C/c2ccc3[nH]ccc3c2)S/C1=N\c1ccc(C)cc1. The van der Waals surface area contributed by atoms with Crippen LogP contribution in [-0.4, -0.2) is 27.5 Å². The number of aliphatic imine (C=N–C) groups is 1. The van der Waals surface area contributed by atoms with Crippen molar-refractivity contribution in [1.82, 2.24) is 9.88 Å². The molecule has 1 N–H and O–H groups in total. The molecule has 190 valence electrons. The summed E-state index contributed by atoms with van der Waals surface area (Å²) < 4.78 is 0. The second kappa shape index (κ2) is 13.5. The molecule has 3 aromatic rings. The van der Waals surface area contributed by atoms with Crippen LogP contribution in [0.1, 0.15) is 82.3 Å². The van der Waals surface area contributed by atoms with Crippen molar-refractivity contribution in [3.63, 3.8) is 0 Å². The van der Waals surface area contributed by atoms with Gasteiger partial charge in [0.15, 0.2) is 5.17 Å². The maximum Gasteiger partial charge on any atom is 0.266 e. The van der Waals surface area contributed by atoms with Crippen LogP contribution in [0.3, 0.4) is 0 Å². The highest BCUT2D eigenvalue weighted by Gasteiger charge is 2.33. The molecule has 0 spiro atoms. The Hall–Kier alpha value is -2.79.